The zero-order valence-corrected chi connectivity index (χ0v) is 6.56. The molecule has 0 atom stereocenters. The van der Waals surface area contributed by atoms with Crippen molar-refractivity contribution >= 4 is 11.0 Å². The van der Waals surface area contributed by atoms with Gasteiger partial charge in [0.25, 0.3) is 0 Å². The Hall–Kier alpha value is 0.190. The molecule has 0 fully saturated rings. The molecular weight excluding hydrogens is 140 g/mol. The number of hydrogen-bond donors (Lipinski definition) is 3. The van der Waals surface area contributed by atoms with Gasteiger partial charge in [0, 0.05) is 13.6 Å². The lowest BCUT2D eigenvalue weighted by atomic mass is 10.5. The normalized spacial score (nSPS) is 14.4. The second-order valence-electron chi connectivity index (χ2n) is 1.91. The minimum absolute atomic E-state index is 0.610. The molecule has 0 spiro atoms. The lowest BCUT2D eigenvalue weighted by Gasteiger charge is -2.35. The Labute approximate surface area is 57.3 Å². The van der Waals surface area contributed by atoms with Crippen LogP contribution in [-0.2, 0) is 0 Å². The molecule has 4 nitrogen and oxygen atoms in total. The van der Waals surface area contributed by atoms with Crippen LogP contribution in [0, 0.1) is 0 Å². The van der Waals surface area contributed by atoms with Crippen LogP contribution in [0.1, 0.15) is 13.3 Å². The van der Waals surface area contributed by atoms with Crippen molar-refractivity contribution < 1.29 is 9.11 Å². The van der Waals surface area contributed by atoms with Gasteiger partial charge in [0.1, 0.15) is 0 Å². The minimum Gasteiger partial charge on any atom is -0.273 e. The highest BCUT2D eigenvalue weighted by Gasteiger charge is 2.09. The smallest absolute Gasteiger partial charge is 0.0185 e. The maximum atomic E-state index is 8.76. The highest BCUT2D eigenvalue weighted by molar-refractivity contribution is 8.20. The van der Waals surface area contributed by atoms with E-state index < -0.39 is 11.0 Å². The van der Waals surface area contributed by atoms with Gasteiger partial charge in [0.2, 0.25) is 0 Å². The van der Waals surface area contributed by atoms with Crippen LogP contribution >= 0.6 is 11.0 Å². The van der Waals surface area contributed by atoms with Crippen molar-refractivity contribution in [3.05, 3.63) is 0 Å². The van der Waals surface area contributed by atoms with E-state index in [1.807, 2.05) is 6.92 Å². The van der Waals surface area contributed by atoms with E-state index in [0.717, 1.165) is 6.42 Å². The predicted octanol–water partition coefficient (Wildman–Crippen LogP) is 0.868. The monoisotopic (exact) mass is 154 g/mol. The molecule has 0 aromatic rings. The van der Waals surface area contributed by atoms with Gasteiger partial charge in [0.15, 0.2) is 0 Å². The molecule has 5 heteroatoms. The van der Waals surface area contributed by atoms with Crippen molar-refractivity contribution in [2.45, 2.75) is 13.3 Å². The topological polar surface area (TPSA) is 69.7 Å². The van der Waals surface area contributed by atoms with Crippen molar-refractivity contribution in [2.24, 2.45) is 5.14 Å². The second-order valence-corrected chi connectivity index (χ2v) is 3.66. The van der Waals surface area contributed by atoms with E-state index >= 15 is 0 Å². The summed E-state index contributed by atoms with van der Waals surface area (Å²) in [6.07, 6.45) is 0.865. The molecule has 0 unspecified atom stereocenters. The third kappa shape index (κ3) is 3.72. The summed E-state index contributed by atoms with van der Waals surface area (Å²) < 4.78 is 18.9. The quantitative estimate of drug-likeness (QED) is 0.564. The van der Waals surface area contributed by atoms with Gasteiger partial charge < -0.3 is 0 Å². The first-order valence-corrected chi connectivity index (χ1v) is 4.32. The SMILES string of the molecule is CCCN(C)S(N)(O)O. The molecule has 0 amide bonds. The van der Waals surface area contributed by atoms with Crippen LogP contribution in [0.5, 0.6) is 0 Å². The standard InChI is InChI=1S/C4H14N2O2S/c1-3-4-6(2)9(5,7)8/h7-8H,3-5H2,1-2H3. The van der Waals surface area contributed by atoms with Gasteiger partial charge in [-0.15, -0.1) is 0 Å². The average molecular weight is 154 g/mol. The first-order valence-electron chi connectivity index (χ1n) is 2.75. The van der Waals surface area contributed by atoms with Crippen molar-refractivity contribution in [3.63, 3.8) is 0 Å². The summed E-state index contributed by atoms with van der Waals surface area (Å²) in [4.78, 5) is 0. The zero-order chi connectivity index (χ0) is 7.49. The molecule has 0 bridgehead atoms. The van der Waals surface area contributed by atoms with Gasteiger partial charge in [-0.2, -0.15) is 4.31 Å². The lowest BCUT2D eigenvalue weighted by molar-refractivity contribution is 0.384. The fraction of sp³-hybridized carbons (Fsp3) is 1.00. The molecule has 0 aliphatic rings. The molecule has 0 aliphatic heterocycles. The highest BCUT2D eigenvalue weighted by atomic mass is 32.3. The third-order valence-electron chi connectivity index (χ3n) is 0.997. The van der Waals surface area contributed by atoms with E-state index in [2.05, 4.69) is 0 Å². The van der Waals surface area contributed by atoms with Crippen LogP contribution in [0.2, 0.25) is 0 Å². The Morgan fingerprint density at radius 2 is 2.00 bits per heavy atom. The average Bonchev–Trinajstić information content (AvgIpc) is 1.64. The van der Waals surface area contributed by atoms with Crippen LogP contribution in [0.4, 0.5) is 0 Å². The molecule has 0 heterocycles. The molecule has 58 valence electrons. The Balaban J connectivity index is 3.59. The van der Waals surface area contributed by atoms with Crippen molar-refractivity contribution in [3.8, 4) is 0 Å². The molecule has 9 heavy (non-hydrogen) atoms. The maximum Gasteiger partial charge on any atom is 0.0185 e. The summed E-state index contributed by atoms with van der Waals surface area (Å²) in [5.74, 6) is 0. The van der Waals surface area contributed by atoms with Gasteiger partial charge in [-0.3, -0.25) is 9.11 Å². The van der Waals surface area contributed by atoms with Crippen LogP contribution < -0.4 is 5.14 Å². The molecule has 4 N–H and O–H groups in total. The van der Waals surface area contributed by atoms with E-state index in [-0.39, 0.29) is 0 Å². The van der Waals surface area contributed by atoms with Gasteiger partial charge in [0.05, 0.1) is 0 Å². The van der Waals surface area contributed by atoms with Crippen LogP contribution in [0.3, 0.4) is 0 Å². The second kappa shape index (κ2) is 3.38. The minimum atomic E-state index is -2.93. The summed E-state index contributed by atoms with van der Waals surface area (Å²) >= 11 is 0. The number of rotatable bonds is 3. The lowest BCUT2D eigenvalue weighted by Crippen LogP contribution is -2.29. The first-order chi connectivity index (χ1) is 3.98. The fourth-order valence-electron chi connectivity index (χ4n) is 0.449. The summed E-state index contributed by atoms with van der Waals surface area (Å²) in [7, 11) is -1.35. The Morgan fingerprint density at radius 1 is 1.56 bits per heavy atom. The van der Waals surface area contributed by atoms with Gasteiger partial charge >= 0.3 is 0 Å². The number of hydrogen-bond acceptors (Lipinski definition) is 4. The first kappa shape index (κ1) is 9.19. The van der Waals surface area contributed by atoms with Crippen molar-refractivity contribution in [1.82, 2.24) is 4.31 Å². The van der Waals surface area contributed by atoms with Crippen LogP contribution in [-0.4, -0.2) is 27.0 Å². The highest BCUT2D eigenvalue weighted by Crippen LogP contribution is 2.31. The van der Waals surface area contributed by atoms with E-state index in [1.165, 1.54) is 4.31 Å². The number of nitrogens with zero attached hydrogens (tertiary/aromatic N) is 1. The van der Waals surface area contributed by atoms with E-state index in [0.29, 0.717) is 6.54 Å². The molecule has 0 aromatic heterocycles. The van der Waals surface area contributed by atoms with E-state index in [1.54, 1.807) is 7.05 Å². The van der Waals surface area contributed by atoms with E-state index in [9.17, 15) is 0 Å². The molecule has 0 aromatic carbocycles. The Morgan fingerprint density at radius 3 is 2.11 bits per heavy atom. The summed E-state index contributed by atoms with van der Waals surface area (Å²) in [6, 6.07) is 0. The number of nitrogens with two attached hydrogens (primary N) is 1. The van der Waals surface area contributed by atoms with Gasteiger partial charge in [-0.05, 0) is 6.42 Å². The zero-order valence-electron chi connectivity index (χ0n) is 5.74. The molecule has 0 saturated heterocycles. The van der Waals surface area contributed by atoms with Crippen molar-refractivity contribution in [1.29, 1.82) is 0 Å². The molecule has 0 rings (SSSR count). The maximum absolute atomic E-state index is 8.76. The Bertz CT molecular complexity index is 83.1. The summed E-state index contributed by atoms with van der Waals surface area (Å²) in [5, 5.41) is 4.99. The van der Waals surface area contributed by atoms with Gasteiger partial charge in [-0.1, -0.05) is 17.9 Å². The molecule has 0 saturated carbocycles. The van der Waals surface area contributed by atoms with Crippen LogP contribution in [0.25, 0.3) is 0 Å². The molecule has 0 aliphatic carbocycles. The van der Waals surface area contributed by atoms with E-state index in [4.69, 9.17) is 14.2 Å². The largest absolute Gasteiger partial charge is 0.273 e. The molecular formula is C4H14N2O2S. The van der Waals surface area contributed by atoms with Gasteiger partial charge in [-0.25, -0.2) is 5.14 Å². The Kier molecular flexibility index (Phi) is 3.45. The predicted molar refractivity (Wildman–Crippen MR) is 40.0 cm³/mol. The fourth-order valence-corrected chi connectivity index (χ4v) is 0.901. The molecule has 0 radical (unpaired) electrons. The summed E-state index contributed by atoms with van der Waals surface area (Å²) in [6.45, 7) is 2.56. The third-order valence-corrected chi connectivity index (χ3v) is 2.10. The van der Waals surface area contributed by atoms with Crippen molar-refractivity contribution in [2.75, 3.05) is 13.6 Å². The van der Waals surface area contributed by atoms with Crippen LogP contribution in [0.15, 0.2) is 0 Å². The summed E-state index contributed by atoms with van der Waals surface area (Å²) in [5.41, 5.74) is 0.